The average molecular weight is 443 g/mol. The number of amides is 1. The third-order valence-corrected chi connectivity index (χ3v) is 5.99. The third kappa shape index (κ3) is 4.22. The molecule has 1 amide bonds. The summed E-state index contributed by atoms with van der Waals surface area (Å²) < 4.78 is 1.71. The molecule has 168 valence electrons. The van der Waals surface area contributed by atoms with Crippen molar-refractivity contribution in [2.24, 2.45) is 5.73 Å². The molecule has 1 fully saturated rings. The number of piperazine rings is 1. The summed E-state index contributed by atoms with van der Waals surface area (Å²) in [4.78, 5) is 25.2. The number of rotatable bonds is 5. The number of benzene rings is 2. The number of fused-ring (bicyclic) bond motifs is 1. The quantitative estimate of drug-likeness (QED) is 0.490. The Labute approximate surface area is 191 Å². The zero-order valence-electron chi connectivity index (χ0n) is 18.7. The lowest BCUT2D eigenvalue weighted by Crippen LogP contribution is -2.44. The fraction of sp³-hybridized carbons (Fsp3) is 0.250. The Hall–Kier alpha value is -3.98. The van der Waals surface area contributed by atoms with Crippen LogP contribution in [0.15, 0.2) is 54.9 Å². The molecule has 0 saturated carbocycles. The number of aryl methyl sites for hydroxylation is 1. The van der Waals surface area contributed by atoms with Gasteiger partial charge in [0.1, 0.15) is 0 Å². The molecular weight excluding hydrogens is 416 g/mol. The molecule has 2 aromatic heterocycles. The van der Waals surface area contributed by atoms with Crippen molar-refractivity contribution in [3.05, 3.63) is 66.0 Å². The van der Waals surface area contributed by atoms with Crippen molar-refractivity contribution in [3.63, 3.8) is 0 Å². The Kier molecular flexibility index (Phi) is 5.39. The van der Waals surface area contributed by atoms with Gasteiger partial charge in [-0.15, -0.1) is 5.10 Å². The van der Waals surface area contributed by atoms with E-state index in [2.05, 4.69) is 62.4 Å². The molecule has 0 spiro atoms. The summed E-state index contributed by atoms with van der Waals surface area (Å²) in [5.41, 5.74) is 11.4. The van der Waals surface area contributed by atoms with Gasteiger partial charge in [-0.05, 0) is 49.9 Å². The third-order valence-electron chi connectivity index (χ3n) is 5.99. The van der Waals surface area contributed by atoms with Gasteiger partial charge < -0.3 is 20.9 Å². The number of nitrogens with two attached hydrogens (primary N) is 1. The first kappa shape index (κ1) is 20.9. The van der Waals surface area contributed by atoms with Crippen LogP contribution in [0.5, 0.6) is 0 Å². The second-order valence-electron chi connectivity index (χ2n) is 8.36. The zero-order chi connectivity index (χ0) is 22.9. The SMILES string of the molecule is Cc1cc(Nc2nc3cncc(-c4cccc(C(N)=O)c4)n3n2)ccc1N1CCN(C)CC1. The first-order valence-corrected chi connectivity index (χ1v) is 10.9. The van der Waals surface area contributed by atoms with Gasteiger partial charge in [-0.1, -0.05) is 12.1 Å². The first-order chi connectivity index (χ1) is 16.0. The topological polar surface area (TPSA) is 105 Å². The molecule has 1 aliphatic heterocycles. The highest BCUT2D eigenvalue weighted by Crippen LogP contribution is 2.27. The smallest absolute Gasteiger partial charge is 0.248 e. The highest BCUT2D eigenvalue weighted by Gasteiger charge is 2.16. The molecule has 0 radical (unpaired) electrons. The van der Waals surface area contributed by atoms with Crippen molar-refractivity contribution >= 4 is 28.9 Å². The summed E-state index contributed by atoms with van der Waals surface area (Å²) in [5, 5.41) is 7.94. The van der Waals surface area contributed by atoms with E-state index in [1.54, 1.807) is 35.1 Å². The monoisotopic (exact) mass is 442 g/mol. The van der Waals surface area contributed by atoms with E-state index < -0.39 is 5.91 Å². The molecule has 0 aliphatic carbocycles. The van der Waals surface area contributed by atoms with Crippen LogP contribution < -0.4 is 16.0 Å². The van der Waals surface area contributed by atoms with Crippen molar-refractivity contribution < 1.29 is 4.79 Å². The summed E-state index contributed by atoms with van der Waals surface area (Å²) in [7, 11) is 2.16. The molecule has 33 heavy (non-hydrogen) atoms. The van der Waals surface area contributed by atoms with Gasteiger partial charge in [-0.25, -0.2) is 4.52 Å². The van der Waals surface area contributed by atoms with Gasteiger partial charge in [0.05, 0.1) is 18.1 Å². The molecule has 5 rings (SSSR count). The lowest BCUT2D eigenvalue weighted by molar-refractivity contribution is 0.100. The number of nitrogens with one attached hydrogen (secondary N) is 1. The van der Waals surface area contributed by atoms with Gasteiger partial charge in [-0.3, -0.25) is 9.78 Å². The van der Waals surface area contributed by atoms with Crippen LogP contribution in [0.3, 0.4) is 0 Å². The van der Waals surface area contributed by atoms with Crippen molar-refractivity contribution in [2.45, 2.75) is 6.92 Å². The maximum atomic E-state index is 11.6. The summed E-state index contributed by atoms with van der Waals surface area (Å²) in [6.07, 6.45) is 3.35. The van der Waals surface area contributed by atoms with Gasteiger partial charge >= 0.3 is 0 Å². The molecule has 0 unspecified atom stereocenters. The molecule has 9 nitrogen and oxygen atoms in total. The maximum Gasteiger partial charge on any atom is 0.248 e. The first-order valence-electron chi connectivity index (χ1n) is 10.9. The second-order valence-corrected chi connectivity index (χ2v) is 8.36. The minimum absolute atomic E-state index is 0.430. The van der Waals surface area contributed by atoms with Crippen molar-refractivity contribution in [3.8, 4) is 11.3 Å². The predicted octanol–water partition coefficient (Wildman–Crippen LogP) is 2.69. The predicted molar refractivity (Wildman–Crippen MR) is 129 cm³/mol. The van der Waals surface area contributed by atoms with Crippen LogP contribution in [0.4, 0.5) is 17.3 Å². The Balaban J connectivity index is 1.41. The lowest BCUT2D eigenvalue weighted by atomic mass is 10.1. The van der Waals surface area contributed by atoms with E-state index in [1.165, 1.54) is 11.3 Å². The summed E-state index contributed by atoms with van der Waals surface area (Å²) in [6, 6.07) is 13.4. The van der Waals surface area contributed by atoms with E-state index in [0.717, 1.165) is 43.1 Å². The molecule has 3 heterocycles. The van der Waals surface area contributed by atoms with Crippen LogP contribution in [0.1, 0.15) is 15.9 Å². The van der Waals surface area contributed by atoms with Crippen LogP contribution >= 0.6 is 0 Å². The van der Waals surface area contributed by atoms with Crippen LogP contribution in [0.25, 0.3) is 16.9 Å². The van der Waals surface area contributed by atoms with E-state index in [-0.39, 0.29) is 0 Å². The number of carbonyl (C=O) groups excluding carboxylic acids is 1. The number of nitrogens with zero attached hydrogens (tertiary/aromatic N) is 6. The normalized spacial score (nSPS) is 14.5. The lowest BCUT2D eigenvalue weighted by Gasteiger charge is -2.35. The minimum atomic E-state index is -0.478. The number of primary amides is 1. The van der Waals surface area contributed by atoms with E-state index in [0.29, 0.717) is 17.2 Å². The van der Waals surface area contributed by atoms with Gasteiger partial charge in [-0.2, -0.15) is 4.98 Å². The maximum absolute atomic E-state index is 11.6. The van der Waals surface area contributed by atoms with Crippen LogP contribution in [-0.2, 0) is 0 Å². The standard InChI is InChI=1S/C24H26N8O/c1-16-12-19(6-7-20(16)31-10-8-30(2)9-11-31)27-24-28-22-15-26-14-21(32(22)29-24)17-4-3-5-18(13-17)23(25)33/h3-7,12-15H,8-11H2,1-2H3,(H2,25,33)(H,27,29). The zero-order valence-corrected chi connectivity index (χ0v) is 18.7. The molecule has 2 aromatic carbocycles. The van der Waals surface area contributed by atoms with Gasteiger partial charge in [0.15, 0.2) is 5.65 Å². The molecule has 9 heteroatoms. The fourth-order valence-electron chi connectivity index (χ4n) is 4.16. The Bertz CT molecular complexity index is 1320. The number of hydrogen-bond acceptors (Lipinski definition) is 7. The van der Waals surface area contributed by atoms with E-state index in [4.69, 9.17) is 5.73 Å². The van der Waals surface area contributed by atoms with Crippen molar-refractivity contribution in [2.75, 3.05) is 43.4 Å². The van der Waals surface area contributed by atoms with Crippen molar-refractivity contribution in [1.82, 2.24) is 24.5 Å². The Morgan fingerprint density at radius 2 is 1.88 bits per heavy atom. The van der Waals surface area contributed by atoms with Crippen LogP contribution in [0, 0.1) is 6.92 Å². The molecular formula is C24H26N8O. The average Bonchev–Trinajstić information content (AvgIpc) is 3.22. The Morgan fingerprint density at radius 1 is 1.06 bits per heavy atom. The van der Waals surface area contributed by atoms with Gasteiger partial charge in [0.25, 0.3) is 0 Å². The fourth-order valence-corrected chi connectivity index (χ4v) is 4.16. The number of likely N-dealkylation sites (N-methyl/N-ethyl adjacent to an activating group) is 1. The summed E-state index contributed by atoms with van der Waals surface area (Å²) >= 11 is 0. The Morgan fingerprint density at radius 3 is 2.64 bits per heavy atom. The molecule has 3 N–H and O–H groups in total. The molecule has 1 aliphatic rings. The van der Waals surface area contributed by atoms with E-state index >= 15 is 0 Å². The number of carbonyl (C=O) groups is 1. The second kappa shape index (κ2) is 8.51. The van der Waals surface area contributed by atoms with E-state index in [1.807, 2.05) is 6.07 Å². The molecule has 1 saturated heterocycles. The summed E-state index contributed by atoms with van der Waals surface area (Å²) in [5.74, 6) is -0.00428. The summed E-state index contributed by atoms with van der Waals surface area (Å²) in [6.45, 7) is 6.34. The van der Waals surface area contributed by atoms with Gasteiger partial charge in [0, 0.05) is 48.7 Å². The van der Waals surface area contributed by atoms with E-state index in [9.17, 15) is 4.79 Å². The molecule has 4 aromatic rings. The number of hydrogen-bond donors (Lipinski definition) is 2. The minimum Gasteiger partial charge on any atom is -0.369 e. The largest absolute Gasteiger partial charge is 0.369 e. The highest BCUT2D eigenvalue weighted by atomic mass is 16.1. The van der Waals surface area contributed by atoms with Crippen LogP contribution in [0.2, 0.25) is 0 Å². The van der Waals surface area contributed by atoms with Gasteiger partial charge in [0.2, 0.25) is 11.9 Å². The number of aromatic nitrogens is 4. The number of anilines is 3. The molecule has 0 bridgehead atoms. The molecule has 0 atom stereocenters. The van der Waals surface area contributed by atoms with Crippen LogP contribution in [-0.4, -0.2) is 63.6 Å². The van der Waals surface area contributed by atoms with Crippen molar-refractivity contribution in [1.29, 1.82) is 0 Å². The highest BCUT2D eigenvalue weighted by molar-refractivity contribution is 5.94.